The van der Waals surface area contributed by atoms with Crippen molar-refractivity contribution in [2.24, 2.45) is 0 Å². The van der Waals surface area contributed by atoms with E-state index >= 15 is 0 Å². The smallest absolute Gasteiger partial charge is 0.325 e. The van der Waals surface area contributed by atoms with Crippen LogP contribution in [0.15, 0.2) is 36.5 Å². The maximum Gasteiger partial charge on any atom is 0.325 e. The van der Waals surface area contributed by atoms with Crippen LogP contribution in [0, 0.1) is 3.57 Å². The van der Waals surface area contributed by atoms with E-state index in [1.807, 2.05) is 24.3 Å². The first-order valence-electron chi connectivity index (χ1n) is 4.58. The lowest BCUT2D eigenvalue weighted by atomic mass is 10.3. The van der Waals surface area contributed by atoms with E-state index in [9.17, 15) is 0 Å². The normalized spacial score (nSPS) is 9.88. The predicted molar refractivity (Wildman–Crippen MR) is 67.8 cm³/mol. The molecule has 16 heavy (non-hydrogen) atoms. The standard InChI is InChI=1S/C11H9IN2O2/c1-15-10-6-7-13-11(14-10)16-9-4-2-8(12)3-5-9/h2-7H,1H3. The quantitative estimate of drug-likeness (QED) is 0.813. The Morgan fingerprint density at radius 2 is 1.88 bits per heavy atom. The minimum atomic E-state index is 0.278. The summed E-state index contributed by atoms with van der Waals surface area (Å²) in [6.07, 6.45) is 1.59. The summed E-state index contributed by atoms with van der Waals surface area (Å²) >= 11 is 2.23. The van der Waals surface area contributed by atoms with E-state index in [2.05, 4.69) is 32.6 Å². The second-order valence-electron chi connectivity index (χ2n) is 2.94. The number of halogens is 1. The van der Waals surface area contributed by atoms with Crippen LogP contribution < -0.4 is 9.47 Å². The van der Waals surface area contributed by atoms with Crippen molar-refractivity contribution in [1.29, 1.82) is 0 Å². The fourth-order valence-corrected chi connectivity index (χ4v) is 1.46. The highest BCUT2D eigenvalue weighted by molar-refractivity contribution is 14.1. The number of benzene rings is 1. The van der Waals surface area contributed by atoms with Crippen molar-refractivity contribution in [2.75, 3.05) is 7.11 Å². The van der Waals surface area contributed by atoms with Crippen molar-refractivity contribution in [1.82, 2.24) is 9.97 Å². The van der Waals surface area contributed by atoms with E-state index in [1.165, 1.54) is 0 Å². The van der Waals surface area contributed by atoms with Gasteiger partial charge < -0.3 is 9.47 Å². The highest BCUT2D eigenvalue weighted by atomic mass is 127. The molecule has 0 aliphatic carbocycles. The van der Waals surface area contributed by atoms with Crippen LogP contribution in [-0.4, -0.2) is 17.1 Å². The Morgan fingerprint density at radius 3 is 2.56 bits per heavy atom. The van der Waals surface area contributed by atoms with Gasteiger partial charge in [-0.3, -0.25) is 0 Å². The first kappa shape index (κ1) is 11.1. The van der Waals surface area contributed by atoms with Gasteiger partial charge in [0.05, 0.1) is 7.11 Å². The molecule has 0 fully saturated rings. The Labute approximate surface area is 107 Å². The maximum atomic E-state index is 5.47. The largest absolute Gasteiger partial charge is 0.481 e. The Balaban J connectivity index is 2.16. The summed E-state index contributed by atoms with van der Waals surface area (Å²) in [4.78, 5) is 8.04. The molecule has 2 rings (SSSR count). The molecular formula is C11H9IN2O2. The van der Waals surface area contributed by atoms with Gasteiger partial charge in [-0.1, -0.05) is 0 Å². The van der Waals surface area contributed by atoms with Gasteiger partial charge >= 0.3 is 6.01 Å². The average molecular weight is 328 g/mol. The van der Waals surface area contributed by atoms with Crippen LogP contribution in [-0.2, 0) is 0 Å². The van der Waals surface area contributed by atoms with Gasteiger partial charge in [0, 0.05) is 15.8 Å². The lowest BCUT2D eigenvalue weighted by molar-refractivity contribution is 0.376. The lowest BCUT2D eigenvalue weighted by Gasteiger charge is -2.04. The van der Waals surface area contributed by atoms with Crippen molar-refractivity contribution in [3.63, 3.8) is 0 Å². The molecule has 0 aliphatic rings. The van der Waals surface area contributed by atoms with Crippen molar-refractivity contribution in [2.45, 2.75) is 0 Å². The topological polar surface area (TPSA) is 44.2 Å². The maximum absolute atomic E-state index is 5.47. The fraction of sp³-hybridized carbons (Fsp3) is 0.0909. The van der Waals surface area contributed by atoms with E-state index in [1.54, 1.807) is 19.4 Å². The number of aromatic nitrogens is 2. The highest BCUT2D eigenvalue weighted by Gasteiger charge is 2.01. The molecular weight excluding hydrogens is 319 g/mol. The van der Waals surface area contributed by atoms with Crippen molar-refractivity contribution in [3.05, 3.63) is 40.1 Å². The molecule has 0 bridgehead atoms. The minimum Gasteiger partial charge on any atom is -0.481 e. The summed E-state index contributed by atoms with van der Waals surface area (Å²) < 4.78 is 11.6. The summed E-state index contributed by atoms with van der Waals surface area (Å²) in [5, 5.41) is 0. The molecule has 5 heteroatoms. The summed E-state index contributed by atoms with van der Waals surface area (Å²) in [5.74, 6) is 1.18. The van der Waals surface area contributed by atoms with E-state index in [0.29, 0.717) is 11.6 Å². The minimum absolute atomic E-state index is 0.278. The summed E-state index contributed by atoms with van der Waals surface area (Å²) in [6, 6.07) is 9.59. The molecule has 0 radical (unpaired) electrons. The molecule has 1 heterocycles. The highest BCUT2D eigenvalue weighted by Crippen LogP contribution is 2.20. The van der Waals surface area contributed by atoms with Gasteiger partial charge in [-0.25, -0.2) is 4.98 Å². The van der Waals surface area contributed by atoms with Crippen LogP contribution in [0.4, 0.5) is 0 Å². The second kappa shape index (κ2) is 5.11. The SMILES string of the molecule is COc1ccnc(Oc2ccc(I)cc2)n1. The van der Waals surface area contributed by atoms with Gasteiger partial charge in [-0.15, -0.1) is 0 Å². The number of hydrogen-bond acceptors (Lipinski definition) is 4. The third-order valence-corrected chi connectivity index (χ3v) is 2.56. The average Bonchev–Trinajstić information content (AvgIpc) is 2.32. The van der Waals surface area contributed by atoms with E-state index < -0.39 is 0 Å². The first-order valence-corrected chi connectivity index (χ1v) is 5.66. The molecule has 0 atom stereocenters. The third kappa shape index (κ3) is 2.82. The zero-order valence-electron chi connectivity index (χ0n) is 8.55. The Kier molecular flexibility index (Phi) is 3.55. The second-order valence-corrected chi connectivity index (χ2v) is 4.18. The van der Waals surface area contributed by atoms with Gasteiger partial charge in [0.2, 0.25) is 5.88 Å². The zero-order chi connectivity index (χ0) is 11.4. The molecule has 2 aromatic rings. The molecule has 1 aromatic heterocycles. The summed E-state index contributed by atoms with van der Waals surface area (Å²) in [5.41, 5.74) is 0. The van der Waals surface area contributed by atoms with Gasteiger partial charge in [0.1, 0.15) is 5.75 Å². The molecule has 0 N–H and O–H groups in total. The van der Waals surface area contributed by atoms with Crippen molar-refractivity contribution >= 4 is 22.6 Å². The molecule has 4 nitrogen and oxygen atoms in total. The summed E-state index contributed by atoms with van der Waals surface area (Å²) in [6.45, 7) is 0. The summed E-state index contributed by atoms with van der Waals surface area (Å²) in [7, 11) is 1.55. The number of nitrogens with zero attached hydrogens (tertiary/aromatic N) is 2. The number of rotatable bonds is 3. The van der Waals surface area contributed by atoms with Gasteiger partial charge in [0.15, 0.2) is 0 Å². The fourth-order valence-electron chi connectivity index (χ4n) is 1.10. The molecule has 0 unspecified atom stereocenters. The monoisotopic (exact) mass is 328 g/mol. The van der Waals surface area contributed by atoms with E-state index in [4.69, 9.17) is 9.47 Å². The third-order valence-electron chi connectivity index (χ3n) is 1.84. The van der Waals surface area contributed by atoms with Gasteiger partial charge in [0.25, 0.3) is 0 Å². The van der Waals surface area contributed by atoms with Gasteiger partial charge in [-0.2, -0.15) is 4.98 Å². The van der Waals surface area contributed by atoms with Crippen LogP contribution in [0.5, 0.6) is 17.6 Å². The Hall–Kier alpha value is -1.37. The molecule has 0 amide bonds. The van der Waals surface area contributed by atoms with Crippen LogP contribution in [0.2, 0.25) is 0 Å². The first-order chi connectivity index (χ1) is 7.78. The van der Waals surface area contributed by atoms with Crippen LogP contribution in [0.3, 0.4) is 0 Å². The molecule has 82 valence electrons. The number of ether oxygens (including phenoxy) is 2. The predicted octanol–water partition coefficient (Wildman–Crippen LogP) is 2.88. The van der Waals surface area contributed by atoms with Crippen molar-refractivity contribution < 1.29 is 9.47 Å². The molecule has 0 saturated carbocycles. The Bertz CT molecular complexity index is 474. The van der Waals surface area contributed by atoms with Gasteiger partial charge in [-0.05, 0) is 46.9 Å². The van der Waals surface area contributed by atoms with Crippen LogP contribution >= 0.6 is 22.6 Å². The molecule has 0 spiro atoms. The molecule has 0 aliphatic heterocycles. The molecule has 0 saturated heterocycles. The van der Waals surface area contributed by atoms with E-state index in [-0.39, 0.29) is 6.01 Å². The number of hydrogen-bond donors (Lipinski definition) is 0. The van der Waals surface area contributed by atoms with E-state index in [0.717, 1.165) is 3.57 Å². The Morgan fingerprint density at radius 1 is 1.12 bits per heavy atom. The molecule has 1 aromatic carbocycles. The number of methoxy groups -OCH3 is 1. The zero-order valence-corrected chi connectivity index (χ0v) is 10.7. The van der Waals surface area contributed by atoms with Crippen molar-refractivity contribution in [3.8, 4) is 17.6 Å². The van der Waals surface area contributed by atoms with Crippen LogP contribution in [0.1, 0.15) is 0 Å². The lowest BCUT2D eigenvalue weighted by Crippen LogP contribution is -1.94. The van der Waals surface area contributed by atoms with Crippen LogP contribution in [0.25, 0.3) is 0 Å².